The van der Waals surface area contributed by atoms with Crippen LogP contribution in [0, 0.1) is 11.8 Å². The number of aromatic nitrogens is 2. The van der Waals surface area contributed by atoms with Gasteiger partial charge in [-0.05, 0) is 80.6 Å². The van der Waals surface area contributed by atoms with Gasteiger partial charge in [-0.2, -0.15) is 14.4 Å². The molecular formula is C33H37N5O5S2. The Kier molecular flexibility index (Phi) is 9.25. The summed E-state index contributed by atoms with van der Waals surface area (Å²) in [6, 6.07) is 16.4. The number of esters is 1. The van der Waals surface area contributed by atoms with Gasteiger partial charge >= 0.3 is 5.97 Å². The number of aliphatic imine (C=N–C) groups is 1. The highest BCUT2D eigenvalue weighted by Crippen LogP contribution is 2.35. The molecule has 10 nitrogen and oxygen atoms in total. The number of likely N-dealkylation sites (tertiary alicyclic amines) is 1. The van der Waals surface area contributed by atoms with Crippen LogP contribution in [0.4, 0.5) is 0 Å². The molecule has 0 atom stereocenters. The van der Waals surface area contributed by atoms with Gasteiger partial charge in [-0.1, -0.05) is 37.3 Å². The van der Waals surface area contributed by atoms with Crippen molar-refractivity contribution in [3.63, 3.8) is 0 Å². The van der Waals surface area contributed by atoms with Gasteiger partial charge in [0.15, 0.2) is 5.17 Å². The molecule has 0 spiro atoms. The van der Waals surface area contributed by atoms with Crippen molar-refractivity contribution in [2.45, 2.75) is 44.4 Å². The maximum absolute atomic E-state index is 13.7. The molecule has 0 aliphatic carbocycles. The van der Waals surface area contributed by atoms with E-state index in [1.165, 1.54) is 16.1 Å². The van der Waals surface area contributed by atoms with Gasteiger partial charge in [0.2, 0.25) is 10.0 Å². The number of rotatable bonds is 7. The number of nitrogens with zero attached hydrogens (tertiary/aromatic N) is 5. The van der Waals surface area contributed by atoms with Gasteiger partial charge in [0.1, 0.15) is 5.69 Å². The van der Waals surface area contributed by atoms with Gasteiger partial charge < -0.3 is 9.64 Å². The van der Waals surface area contributed by atoms with E-state index < -0.39 is 10.0 Å². The molecule has 4 heterocycles. The van der Waals surface area contributed by atoms with E-state index in [4.69, 9.17) is 9.84 Å². The van der Waals surface area contributed by atoms with Crippen molar-refractivity contribution in [1.29, 1.82) is 0 Å². The maximum Gasteiger partial charge on any atom is 0.309 e. The van der Waals surface area contributed by atoms with E-state index in [9.17, 15) is 18.0 Å². The first kappa shape index (κ1) is 31.3. The Morgan fingerprint density at radius 3 is 2.47 bits per heavy atom. The third-order valence-electron chi connectivity index (χ3n) is 8.53. The zero-order valence-electron chi connectivity index (χ0n) is 25.5. The molecule has 0 bridgehead atoms. The summed E-state index contributed by atoms with van der Waals surface area (Å²) in [6.45, 7) is 6.57. The van der Waals surface area contributed by atoms with E-state index in [1.807, 2.05) is 42.6 Å². The molecule has 0 radical (unpaired) electrons. The molecule has 0 N–H and O–H groups in total. The van der Waals surface area contributed by atoms with E-state index in [0.717, 1.165) is 36.8 Å². The number of amides is 1. The summed E-state index contributed by atoms with van der Waals surface area (Å²) in [5.74, 6) is -0.176. The Balaban J connectivity index is 1.29. The van der Waals surface area contributed by atoms with Gasteiger partial charge in [0.05, 0.1) is 28.0 Å². The Morgan fingerprint density at radius 2 is 1.76 bits per heavy atom. The molecular weight excluding hydrogens is 611 g/mol. The average Bonchev–Trinajstić information content (AvgIpc) is 3.65. The molecule has 3 aliphatic heterocycles. The first-order chi connectivity index (χ1) is 21.7. The molecule has 2 aromatic carbocycles. The topological polar surface area (TPSA) is 114 Å². The Bertz CT molecular complexity index is 1740. The maximum atomic E-state index is 13.7. The second kappa shape index (κ2) is 13.3. The monoisotopic (exact) mass is 647 g/mol. The van der Waals surface area contributed by atoms with E-state index in [1.54, 1.807) is 35.9 Å². The van der Waals surface area contributed by atoms with E-state index in [0.29, 0.717) is 47.1 Å². The predicted molar refractivity (Wildman–Crippen MR) is 175 cm³/mol. The smallest absolute Gasteiger partial charge is 0.309 e. The molecule has 0 saturated carbocycles. The molecule has 3 aromatic rings. The lowest BCUT2D eigenvalue weighted by Crippen LogP contribution is -2.40. The van der Waals surface area contributed by atoms with Gasteiger partial charge in [0.25, 0.3) is 5.91 Å². The van der Waals surface area contributed by atoms with Crippen LogP contribution in [-0.2, 0) is 24.3 Å². The molecule has 1 aromatic heterocycles. The minimum Gasteiger partial charge on any atom is -0.466 e. The summed E-state index contributed by atoms with van der Waals surface area (Å²) in [5.41, 5.74) is 2.68. The Labute approximate surface area is 268 Å². The van der Waals surface area contributed by atoms with Crippen molar-refractivity contribution in [2.24, 2.45) is 16.8 Å². The summed E-state index contributed by atoms with van der Waals surface area (Å²) in [6.07, 6.45) is 6.64. The molecule has 12 heteroatoms. The second-order valence-corrected chi connectivity index (χ2v) is 14.6. The lowest BCUT2D eigenvalue weighted by molar-refractivity contribution is -0.149. The van der Waals surface area contributed by atoms with Gasteiger partial charge in [-0.3, -0.25) is 9.59 Å². The number of amidine groups is 1. The average molecular weight is 648 g/mol. The number of hydrogen-bond donors (Lipinski definition) is 0. The molecule has 3 aliphatic rings. The van der Waals surface area contributed by atoms with Crippen LogP contribution in [0.3, 0.4) is 0 Å². The summed E-state index contributed by atoms with van der Waals surface area (Å²) >= 11 is 1.38. The highest BCUT2D eigenvalue weighted by Gasteiger charge is 2.33. The molecule has 2 saturated heterocycles. The number of carbonyl (C=O) groups excluding carboxylic acids is 2. The number of sulfonamides is 1. The summed E-state index contributed by atoms with van der Waals surface area (Å²) in [4.78, 5) is 32.4. The third-order valence-corrected chi connectivity index (χ3v) is 11.5. The fraction of sp³-hybridized carbons (Fsp3) is 0.394. The van der Waals surface area contributed by atoms with Crippen LogP contribution in [0.2, 0.25) is 0 Å². The highest BCUT2D eigenvalue weighted by atomic mass is 32.2. The largest absolute Gasteiger partial charge is 0.466 e. The molecule has 0 unspecified atom stereocenters. The van der Waals surface area contributed by atoms with Gasteiger partial charge in [-0.25, -0.2) is 13.1 Å². The van der Waals surface area contributed by atoms with Crippen LogP contribution in [-0.4, -0.2) is 77.2 Å². The molecule has 1 amide bonds. The molecule has 6 rings (SSSR count). The van der Waals surface area contributed by atoms with Crippen molar-refractivity contribution in [2.75, 3.05) is 32.8 Å². The predicted octanol–water partition coefficient (Wildman–Crippen LogP) is 5.21. The van der Waals surface area contributed by atoms with Crippen molar-refractivity contribution in [3.8, 4) is 16.9 Å². The lowest BCUT2D eigenvalue weighted by Gasteiger charge is -2.30. The number of ether oxygens (including phenoxy) is 1. The van der Waals surface area contributed by atoms with Gasteiger partial charge in [-0.15, -0.1) is 0 Å². The van der Waals surface area contributed by atoms with Crippen LogP contribution in [0.25, 0.3) is 23.0 Å². The zero-order valence-corrected chi connectivity index (χ0v) is 27.1. The standard InChI is InChI=1S/C33H37N5O5S2/c1-3-43-32(40)24-14-18-37(19-15-24)45(41,42)28-11-7-8-25(20-28)30-26(22-38(35-30)27-9-5-4-6-10-27)21-29-31(39)34-33(44-29)36-16-12-23(2)13-17-36/h4-11,20-24H,3,12-19H2,1-2H3/b29-21-. The number of thioether (sulfide) groups is 1. The van der Waals surface area contributed by atoms with Gasteiger partial charge in [0, 0.05) is 43.5 Å². The second-order valence-electron chi connectivity index (χ2n) is 11.7. The van der Waals surface area contributed by atoms with Crippen LogP contribution < -0.4 is 0 Å². The highest BCUT2D eigenvalue weighted by molar-refractivity contribution is 8.18. The van der Waals surface area contributed by atoms with Crippen LogP contribution in [0.15, 0.2) is 75.6 Å². The van der Waals surface area contributed by atoms with E-state index in [-0.39, 0.29) is 35.8 Å². The quantitative estimate of drug-likeness (QED) is 0.254. The van der Waals surface area contributed by atoms with E-state index >= 15 is 0 Å². The minimum atomic E-state index is -3.82. The fourth-order valence-electron chi connectivity index (χ4n) is 5.85. The van der Waals surface area contributed by atoms with Crippen LogP contribution in [0.5, 0.6) is 0 Å². The van der Waals surface area contributed by atoms with Crippen molar-refractivity contribution in [3.05, 3.63) is 71.3 Å². The number of piperidine rings is 2. The molecule has 45 heavy (non-hydrogen) atoms. The number of para-hydroxylation sites is 1. The van der Waals surface area contributed by atoms with Crippen molar-refractivity contribution < 1.29 is 22.7 Å². The van der Waals surface area contributed by atoms with Crippen molar-refractivity contribution in [1.82, 2.24) is 19.0 Å². The Morgan fingerprint density at radius 1 is 1.02 bits per heavy atom. The van der Waals surface area contributed by atoms with Crippen LogP contribution >= 0.6 is 11.8 Å². The third kappa shape index (κ3) is 6.78. The van der Waals surface area contributed by atoms with Crippen LogP contribution in [0.1, 0.15) is 45.1 Å². The zero-order chi connectivity index (χ0) is 31.6. The summed E-state index contributed by atoms with van der Waals surface area (Å²) in [5, 5.41) is 5.59. The fourth-order valence-corrected chi connectivity index (χ4v) is 8.32. The molecule has 2 fully saturated rings. The Hall–Kier alpha value is -3.74. The number of benzene rings is 2. The normalized spacial score (nSPS) is 19.7. The SMILES string of the molecule is CCOC(=O)C1CCN(S(=O)(=O)c2cccc(-c3nn(-c4ccccc4)cc3/C=C3\SC(N4CCC(C)CC4)=NC3=O)c2)CC1. The number of hydrogen-bond acceptors (Lipinski definition) is 8. The first-order valence-corrected chi connectivity index (χ1v) is 17.7. The summed E-state index contributed by atoms with van der Waals surface area (Å²) in [7, 11) is -3.82. The lowest BCUT2D eigenvalue weighted by atomic mass is 9.98. The van der Waals surface area contributed by atoms with E-state index in [2.05, 4.69) is 16.8 Å². The first-order valence-electron chi connectivity index (χ1n) is 15.4. The molecule has 236 valence electrons. The summed E-state index contributed by atoms with van der Waals surface area (Å²) < 4.78 is 35.7. The number of carbonyl (C=O) groups is 2. The van der Waals surface area contributed by atoms with Crippen molar-refractivity contribution >= 4 is 44.9 Å². The minimum absolute atomic E-state index is 0.152.